The second kappa shape index (κ2) is 5.65. The van der Waals surface area contributed by atoms with Crippen LogP contribution in [-0.2, 0) is 0 Å². The number of rotatable bonds is 1. The average molecular weight is 256 g/mol. The third-order valence-electron chi connectivity index (χ3n) is 2.72. The van der Waals surface area contributed by atoms with E-state index in [2.05, 4.69) is 4.98 Å². The molecular formula is C16H17FN2. The molecule has 2 heterocycles. The summed E-state index contributed by atoms with van der Waals surface area (Å²) in [7, 11) is 0. The standard InChI is InChI=1S/C14H11FN2.C2H6/c1-10-5-6-14-16-13(9-17(14)8-10)11-3-2-4-12(15)7-11;1-2/h2-9H,1H3;1-2H3. The van der Waals surface area contributed by atoms with Gasteiger partial charge in [0, 0.05) is 18.0 Å². The number of fused-ring (bicyclic) bond motifs is 1. The van der Waals surface area contributed by atoms with E-state index in [1.807, 2.05) is 55.8 Å². The first kappa shape index (κ1) is 13.3. The van der Waals surface area contributed by atoms with E-state index < -0.39 is 0 Å². The molecule has 0 aliphatic rings. The SMILES string of the molecule is CC.Cc1ccc2nc(-c3cccc(F)c3)cn2c1. The highest BCUT2D eigenvalue weighted by Crippen LogP contribution is 2.20. The Hall–Kier alpha value is -2.16. The zero-order valence-electron chi connectivity index (χ0n) is 11.4. The third-order valence-corrected chi connectivity index (χ3v) is 2.72. The summed E-state index contributed by atoms with van der Waals surface area (Å²) in [6.07, 6.45) is 3.92. The highest BCUT2D eigenvalue weighted by molar-refractivity contribution is 5.62. The summed E-state index contributed by atoms with van der Waals surface area (Å²) in [6, 6.07) is 10.4. The number of hydrogen-bond donors (Lipinski definition) is 0. The number of halogens is 1. The number of pyridine rings is 1. The maximum atomic E-state index is 13.1. The summed E-state index contributed by atoms with van der Waals surface area (Å²) >= 11 is 0. The van der Waals surface area contributed by atoms with Gasteiger partial charge in [-0.2, -0.15) is 0 Å². The van der Waals surface area contributed by atoms with E-state index in [9.17, 15) is 4.39 Å². The molecule has 3 rings (SSSR count). The van der Waals surface area contributed by atoms with Crippen molar-refractivity contribution in [3.05, 3.63) is 60.2 Å². The van der Waals surface area contributed by atoms with Gasteiger partial charge >= 0.3 is 0 Å². The smallest absolute Gasteiger partial charge is 0.137 e. The first-order chi connectivity index (χ1) is 9.22. The molecule has 0 saturated carbocycles. The van der Waals surface area contributed by atoms with Crippen molar-refractivity contribution in [2.45, 2.75) is 20.8 Å². The molecule has 19 heavy (non-hydrogen) atoms. The first-order valence-electron chi connectivity index (χ1n) is 6.44. The first-order valence-corrected chi connectivity index (χ1v) is 6.44. The molecule has 2 aromatic heterocycles. The Morgan fingerprint density at radius 3 is 2.58 bits per heavy atom. The quantitative estimate of drug-likeness (QED) is 0.627. The van der Waals surface area contributed by atoms with E-state index >= 15 is 0 Å². The van der Waals surface area contributed by atoms with E-state index in [1.165, 1.54) is 17.7 Å². The summed E-state index contributed by atoms with van der Waals surface area (Å²) in [5, 5.41) is 0. The van der Waals surface area contributed by atoms with Crippen LogP contribution in [0.3, 0.4) is 0 Å². The fourth-order valence-electron chi connectivity index (χ4n) is 1.89. The molecule has 0 unspecified atom stereocenters. The second-order valence-corrected chi connectivity index (χ2v) is 4.11. The highest BCUT2D eigenvalue weighted by Gasteiger charge is 2.04. The normalized spacial score (nSPS) is 10.1. The van der Waals surface area contributed by atoms with Crippen LogP contribution in [0.2, 0.25) is 0 Å². The van der Waals surface area contributed by atoms with Crippen LogP contribution in [0.25, 0.3) is 16.9 Å². The molecule has 0 saturated heterocycles. The van der Waals surface area contributed by atoms with Crippen LogP contribution >= 0.6 is 0 Å². The van der Waals surface area contributed by atoms with Crippen molar-refractivity contribution in [3.63, 3.8) is 0 Å². The van der Waals surface area contributed by atoms with Crippen molar-refractivity contribution >= 4 is 5.65 Å². The monoisotopic (exact) mass is 256 g/mol. The lowest BCUT2D eigenvalue weighted by molar-refractivity contribution is 0.628. The van der Waals surface area contributed by atoms with Gasteiger partial charge in [0.05, 0.1) is 5.69 Å². The van der Waals surface area contributed by atoms with Gasteiger partial charge in [-0.15, -0.1) is 0 Å². The highest BCUT2D eigenvalue weighted by atomic mass is 19.1. The van der Waals surface area contributed by atoms with Crippen LogP contribution in [0.1, 0.15) is 19.4 Å². The maximum absolute atomic E-state index is 13.1. The van der Waals surface area contributed by atoms with Crippen LogP contribution in [-0.4, -0.2) is 9.38 Å². The molecule has 3 heteroatoms. The van der Waals surface area contributed by atoms with Gasteiger partial charge in [-0.3, -0.25) is 0 Å². The van der Waals surface area contributed by atoms with Gasteiger partial charge < -0.3 is 4.40 Å². The van der Waals surface area contributed by atoms with Gasteiger partial charge in [-0.1, -0.05) is 32.0 Å². The molecule has 0 amide bonds. The maximum Gasteiger partial charge on any atom is 0.137 e. The minimum Gasteiger partial charge on any atom is -0.306 e. The lowest BCUT2D eigenvalue weighted by Crippen LogP contribution is -1.82. The predicted molar refractivity (Wildman–Crippen MR) is 76.7 cm³/mol. The summed E-state index contributed by atoms with van der Waals surface area (Å²) in [4.78, 5) is 4.46. The van der Waals surface area contributed by atoms with Gasteiger partial charge in [-0.25, -0.2) is 9.37 Å². The lowest BCUT2D eigenvalue weighted by Gasteiger charge is -1.94. The van der Waals surface area contributed by atoms with Crippen molar-refractivity contribution in [1.29, 1.82) is 0 Å². The molecule has 2 nitrogen and oxygen atoms in total. The van der Waals surface area contributed by atoms with Crippen molar-refractivity contribution in [2.24, 2.45) is 0 Å². The summed E-state index contributed by atoms with van der Waals surface area (Å²) < 4.78 is 15.1. The topological polar surface area (TPSA) is 17.3 Å². The van der Waals surface area contributed by atoms with E-state index in [-0.39, 0.29) is 5.82 Å². The van der Waals surface area contributed by atoms with Gasteiger partial charge in [0.25, 0.3) is 0 Å². The predicted octanol–water partition coefficient (Wildman–Crippen LogP) is 4.48. The molecule has 1 aromatic carbocycles. The van der Waals surface area contributed by atoms with Crippen molar-refractivity contribution in [3.8, 4) is 11.3 Å². The van der Waals surface area contributed by atoms with Crippen molar-refractivity contribution < 1.29 is 4.39 Å². The van der Waals surface area contributed by atoms with E-state index in [4.69, 9.17) is 0 Å². The number of aromatic nitrogens is 2. The molecule has 0 aliphatic heterocycles. The molecule has 0 radical (unpaired) electrons. The zero-order valence-corrected chi connectivity index (χ0v) is 11.4. The Labute approximate surface area is 112 Å². The number of hydrogen-bond acceptors (Lipinski definition) is 1. The van der Waals surface area contributed by atoms with Crippen LogP contribution < -0.4 is 0 Å². The molecule has 0 aliphatic carbocycles. The van der Waals surface area contributed by atoms with E-state index in [1.54, 1.807) is 6.07 Å². The molecular weight excluding hydrogens is 239 g/mol. The van der Waals surface area contributed by atoms with Gasteiger partial charge in [0.15, 0.2) is 0 Å². The van der Waals surface area contributed by atoms with Crippen LogP contribution in [0.15, 0.2) is 48.8 Å². The number of aryl methyl sites for hydroxylation is 1. The summed E-state index contributed by atoms with van der Waals surface area (Å²) in [5.74, 6) is -0.240. The minimum atomic E-state index is -0.240. The Balaban J connectivity index is 0.000000637. The second-order valence-electron chi connectivity index (χ2n) is 4.11. The van der Waals surface area contributed by atoms with Gasteiger partial charge in [0.2, 0.25) is 0 Å². The fourth-order valence-corrected chi connectivity index (χ4v) is 1.89. The lowest BCUT2D eigenvalue weighted by atomic mass is 10.2. The van der Waals surface area contributed by atoms with E-state index in [0.29, 0.717) is 0 Å². The Kier molecular flexibility index (Phi) is 3.95. The van der Waals surface area contributed by atoms with Crippen LogP contribution in [0.5, 0.6) is 0 Å². The number of nitrogens with zero attached hydrogens (tertiary/aromatic N) is 2. The van der Waals surface area contributed by atoms with Gasteiger partial charge in [0.1, 0.15) is 11.5 Å². The Morgan fingerprint density at radius 2 is 1.84 bits per heavy atom. The molecule has 0 spiro atoms. The molecule has 3 aromatic rings. The Bertz CT molecular complexity index is 686. The number of benzene rings is 1. The molecule has 0 bridgehead atoms. The van der Waals surface area contributed by atoms with Crippen LogP contribution in [0, 0.1) is 12.7 Å². The molecule has 0 N–H and O–H groups in total. The molecule has 0 fully saturated rings. The third kappa shape index (κ3) is 2.81. The molecule has 0 atom stereocenters. The number of imidazole rings is 1. The largest absolute Gasteiger partial charge is 0.306 e. The average Bonchev–Trinajstić information content (AvgIpc) is 2.84. The van der Waals surface area contributed by atoms with Crippen molar-refractivity contribution in [2.75, 3.05) is 0 Å². The zero-order chi connectivity index (χ0) is 13.8. The van der Waals surface area contributed by atoms with Crippen molar-refractivity contribution in [1.82, 2.24) is 9.38 Å². The summed E-state index contributed by atoms with van der Waals surface area (Å²) in [5.41, 5.74) is 3.62. The molecule has 98 valence electrons. The van der Waals surface area contributed by atoms with Gasteiger partial charge in [-0.05, 0) is 30.7 Å². The van der Waals surface area contributed by atoms with Crippen LogP contribution in [0.4, 0.5) is 4.39 Å². The fraction of sp³-hybridized carbons (Fsp3) is 0.188. The van der Waals surface area contributed by atoms with E-state index in [0.717, 1.165) is 16.9 Å². The summed E-state index contributed by atoms with van der Waals surface area (Å²) in [6.45, 7) is 6.03. The minimum absolute atomic E-state index is 0.240. The Morgan fingerprint density at radius 1 is 1.05 bits per heavy atom.